The number of rotatable bonds is 4. The van der Waals surface area contributed by atoms with Gasteiger partial charge < -0.3 is 9.80 Å². The van der Waals surface area contributed by atoms with E-state index in [1.807, 2.05) is 0 Å². The highest BCUT2D eigenvalue weighted by atomic mass is 15.2. The van der Waals surface area contributed by atoms with E-state index in [4.69, 9.17) is 0 Å². The van der Waals surface area contributed by atoms with Crippen LogP contribution in [0.5, 0.6) is 0 Å². The van der Waals surface area contributed by atoms with Crippen molar-refractivity contribution in [3.05, 3.63) is 173 Å². The maximum absolute atomic E-state index is 2.73. The van der Waals surface area contributed by atoms with E-state index in [1.54, 1.807) is 0 Å². The van der Waals surface area contributed by atoms with E-state index in [0.29, 0.717) is 0 Å². The fourth-order valence-corrected chi connectivity index (χ4v) is 11.3. The van der Waals surface area contributed by atoms with Crippen molar-refractivity contribution in [1.82, 2.24) is 0 Å². The Morgan fingerprint density at radius 1 is 0.439 bits per heavy atom. The summed E-state index contributed by atoms with van der Waals surface area (Å²) in [4.78, 5) is 5.35. The van der Waals surface area contributed by atoms with Crippen molar-refractivity contribution >= 4 is 57.2 Å². The molecule has 0 radical (unpaired) electrons. The third-order valence-electron chi connectivity index (χ3n) is 15.4. The zero-order chi connectivity index (χ0) is 46.9. The summed E-state index contributed by atoms with van der Waals surface area (Å²) in [5, 5.41) is 0. The summed E-state index contributed by atoms with van der Waals surface area (Å²) in [6.45, 7) is 33.3. The Kier molecular flexibility index (Phi) is 10.1. The Morgan fingerprint density at radius 2 is 0.939 bits per heavy atom. The fourth-order valence-electron chi connectivity index (χ4n) is 11.3. The van der Waals surface area contributed by atoms with Crippen LogP contribution in [-0.2, 0) is 27.1 Å². The van der Waals surface area contributed by atoms with Crippen molar-refractivity contribution in [3.63, 3.8) is 0 Å². The fraction of sp³-hybridized carbons (Fsp3) is 0.333. The first kappa shape index (κ1) is 44.1. The SMILES string of the molecule is Cc1cc2c3c(c1)N(c1c(-c4ccccc4)cc(C(C)(C)C)cc1-c1ccccc1)c1cc4c(cc1B3c1ccc(C(C)(C)C)cc1N2c1cccc(C(C)(C)C)c1)C(C)(C)CCC4(C)C. The normalized spacial score (nSPS) is 16.1. The highest BCUT2D eigenvalue weighted by Crippen LogP contribution is 2.54. The smallest absolute Gasteiger partial charge is 0.252 e. The number of benzene rings is 7. The van der Waals surface area contributed by atoms with Crippen molar-refractivity contribution in [2.45, 2.75) is 137 Å². The van der Waals surface area contributed by atoms with Crippen LogP contribution in [0.4, 0.5) is 34.1 Å². The number of hydrogen-bond acceptors (Lipinski definition) is 2. The predicted octanol–water partition coefficient (Wildman–Crippen LogP) is 15.7. The van der Waals surface area contributed by atoms with Gasteiger partial charge >= 0.3 is 0 Å². The second-order valence-corrected chi connectivity index (χ2v) is 24.3. The minimum atomic E-state index is -0.0780. The molecule has 0 N–H and O–H groups in total. The maximum atomic E-state index is 2.73. The zero-order valence-electron chi connectivity index (χ0n) is 42.2. The zero-order valence-corrected chi connectivity index (χ0v) is 42.2. The predicted molar refractivity (Wildman–Crippen MR) is 287 cm³/mol. The molecule has 3 heteroatoms. The van der Waals surface area contributed by atoms with E-state index < -0.39 is 0 Å². The number of fused-ring (bicyclic) bond motifs is 5. The molecule has 0 saturated carbocycles. The average Bonchev–Trinajstić information content (AvgIpc) is 3.26. The van der Waals surface area contributed by atoms with Crippen LogP contribution in [0.2, 0.25) is 0 Å². The van der Waals surface area contributed by atoms with Crippen LogP contribution in [0, 0.1) is 6.92 Å². The minimum absolute atomic E-state index is 0.00718. The lowest BCUT2D eigenvalue weighted by Crippen LogP contribution is -2.62. The van der Waals surface area contributed by atoms with Gasteiger partial charge in [0.15, 0.2) is 0 Å². The molecule has 7 aromatic rings. The minimum Gasteiger partial charge on any atom is -0.311 e. The van der Waals surface area contributed by atoms with Crippen LogP contribution in [-0.4, -0.2) is 6.71 Å². The molecule has 0 unspecified atom stereocenters. The summed E-state index contributed by atoms with van der Waals surface area (Å²) in [7, 11) is 0. The molecule has 2 aliphatic heterocycles. The van der Waals surface area contributed by atoms with Crippen LogP contribution < -0.4 is 26.2 Å². The van der Waals surface area contributed by atoms with E-state index in [0.717, 1.165) is 12.8 Å². The van der Waals surface area contributed by atoms with Gasteiger partial charge in [-0.25, -0.2) is 0 Å². The third-order valence-corrected chi connectivity index (χ3v) is 15.4. The molecule has 0 atom stereocenters. The Hall–Kier alpha value is -5.80. The lowest BCUT2D eigenvalue weighted by molar-refractivity contribution is 0.332. The first-order valence-electron chi connectivity index (χ1n) is 24.5. The molecule has 2 heterocycles. The van der Waals surface area contributed by atoms with Crippen LogP contribution in [0.3, 0.4) is 0 Å². The summed E-state index contributed by atoms with van der Waals surface area (Å²) < 4.78 is 0. The highest BCUT2D eigenvalue weighted by Gasteiger charge is 2.47. The first-order chi connectivity index (χ1) is 31.0. The molecular weight excluding hydrogens is 796 g/mol. The number of nitrogens with zero attached hydrogens (tertiary/aromatic N) is 2. The molecule has 0 saturated heterocycles. The topological polar surface area (TPSA) is 6.48 Å². The van der Waals surface area contributed by atoms with Crippen LogP contribution >= 0.6 is 0 Å². The molecule has 2 nitrogen and oxygen atoms in total. The van der Waals surface area contributed by atoms with Crippen molar-refractivity contribution in [2.24, 2.45) is 0 Å². The van der Waals surface area contributed by atoms with Crippen molar-refractivity contribution in [1.29, 1.82) is 0 Å². The van der Waals surface area contributed by atoms with Gasteiger partial charge in [0.2, 0.25) is 0 Å². The Morgan fingerprint density at radius 3 is 1.48 bits per heavy atom. The summed E-state index contributed by atoms with van der Waals surface area (Å²) in [6.07, 6.45) is 2.32. The molecule has 7 aromatic carbocycles. The standard InChI is InChI=1S/C63H69BN2/c1-40-32-55-57-56(33-40)66(58-47(41-22-17-15-18-23-41)35-45(61(8,9)10)36-48(58)42-24-19-16-20-25-42)54-39-50-49(62(11,12)30-31-63(50,13)14)38-52(54)64(57)51-29-28-44(60(5,6)7)37-53(51)65(55)46-27-21-26-43(34-46)59(2,3)4/h15-29,32-39H,30-31H2,1-14H3. The van der Waals surface area contributed by atoms with E-state index >= 15 is 0 Å². The van der Waals surface area contributed by atoms with Gasteiger partial charge in [-0.05, 0) is 156 Å². The summed E-state index contributed by atoms with van der Waals surface area (Å²) >= 11 is 0. The second-order valence-electron chi connectivity index (χ2n) is 24.3. The maximum Gasteiger partial charge on any atom is 0.252 e. The largest absolute Gasteiger partial charge is 0.311 e. The molecule has 0 amide bonds. The number of aryl methyl sites for hydroxylation is 1. The Balaban J connectivity index is 1.40. The molecule has 0 aromatic heterocycles. The molecule has 0 fully saturated rings. The quantitative estimate of drug-likeness (QED) is 0.163. The molecule has 1 aliphatic carbocycles. The van der Waals surface area contributed by atoms with Crippen LogP contribution in [0.25, 0.3) is 22.3 Å². The monoisotopic (exact) mass is 865 g/mol. The molecular formula is C63H69BN2. The van der Waals surface area contributed by atoms with Gasteiger partial charge in [-0.15, -0.1) is 0 Å². The second kappa shape index (κ2) is 15.1. The molecule has 0 spiro atoms. The molecule has 3 aliphatic rings. The van der Waals surface area contributed by atoms with Crippen molar-refractivity contribution in [2.75, 3.05) is 9.80 Å². The van der Waals surface area contributed by atoms with Crippen LogP contribution in [0.1, 0.15) is 136 Å². The summed E-state index contributed by atoms with van der Waals surface area (Å²) in [5.74, 6) is 0. The highest BCUT2D eigenvalue weighted by molar-refractivity contribution is 7.00. The van der Waals surface area contributed by atoms with E-state index in [-0.39, 0.29) is 33.8 Å². The molecule has 334 valence electrons. The first-order valence-corrected chi connectivity index (χ1v) is 24.5. The third kappa shape index (κ3) is 7.24. The van der Waals surface area contributed by atoms with Gasteiger partial charge in [0.25, 0.3) is 6.71 Å². The van der Waals surface area contributed by atoms with Gasteiger partial charge in [0, 0.05) is 39.6 Å². The number of anilines is 6. The molecule has 10 rings (SSSR count). The van der Waals surface area contributed by atoms with Gasteiger partial charge in [-0.3, -0.25) is 0 Å². The Bertz CT molecular complexity index is 2980. The number of hydrogen-bond donors (Lipinski definition) is 0. The summed E-state index contributed by atoms with van der Waals surface area (Å²) in [6, 6.07) is 54.5. The lowest BCUT2D eigenvalue weighted by atomic mass is 9.33. The van der Waals surface area contributed by atoms with Gasteiger partial charge in [-0.1, -0.05) is 181 Å². The van der Waals surface area contributed by atoms with Crippen LogP contribution in [0.15, 0.2) is 140 Å². The summed E-state index contributed by atoms with van der Waals surface area (Å²) in [5.41, 5.74) is 24.8. The lowest BCUT2D eigenvalue weighted by Gasteiger charge is -2.48. The van der Waals surface area contributed by atoms with E-state index in [2.05, 4.69) is 246 Å². The van der Waals surface area contributed by atoms with E-state index in [9.17, 15) is 0 Å². The van der Waals surface area contributed by atoms with Gasteiger partial charge in [-0.2, -0.15) is 0 Å². The van der Waals surface area contributed by atoms with E-state index in [1.165, 1.54) is 106 Å². The molecule has 0 bridgehead atoms. The average molecular weight is 865 g/mol. The van der Waals surface area contributed by atoms with Gasteiger partial charge in [0.1, 0.15) is 0 Å². The van der Waals surface area contributed by atoms with Gasteiger partial charge in [0.05, 0.1) is 5.69 Å². The van der Waals surface area contributed by atoms with Crippen molar-refractivity contribution in [3.8, 4) is 22.3 Å². The van der Waals surface area contributed by atoms with Crippen molar-refractivity contribution < 1.29 is 0 Å². The molecule has 66 heavy (non-hydrogen) atoms. The Labute approximate surface area is 397 Å².